The van der Waals surface area contributed by atoms with Gasteiger partial charge in [-0.2, -0.15) is 0 Å². The van der Waals surface area contributed by atoms with Crippen molar-refractivity contribution in [3.63, 3.8) is 0 Å². The first-order chi connectivity index (χ1) is 11.7. The van der Waals surface area contributed by atoms with Crippen LogP contribution in [0.1, 0.15) is 25.7 Å². The van der Waals surface area contributed by atoms with Gasteiger partial charge in [-0.1, -0.05) is 0 Å². The molecule has 6 heteroatoms. The van der Waals surface area contributed by atoms with E-state index in [0.717, 1.165) is 18.4 Å². The Morgan fingerprint density at radius 1 is 1.08 bits per heavy atom. The van der Waals surface area contributed by atoms with Crippen molar-refractivity contribution in [1.29, 1.82) is 0 Å². The number of H-pyrrole nitrogens is 1. The number of fused-ring (bicyclic) bond motifs is 1. The molecule has 4 rings (SSSR count). The zero-order chi connectivity index (χ0) is 16.7. The summed E-state index contributed by atoms with van der Waals surface area (Å²) in [6, 6.07) is 6.81. The molecule has 24 heavy (non-hydrogen) atoms. The van der Waals surface area contributed by atoms with Gasteiger partial charge in [0.1, 0.15) is 5.75 Å². The van der Waals surface area contributed by atoms with E-state index in [1.54, 1.807) is 7.11 Å². The third-order valence-corrected chi connectivity index (χ3v) is 4.54. The van der Waals surface area contributed by atoms with Crippen molar-refractivity contribution in [3.05, 3.63) is 24.3 Å². The molecule has 3 aliphatic rings. The van der Waals surface area contributed by atoms with Crippen LogP contribution in [0.3, 0.4) is 0 Å². The maximum atomic E-state index is 10.0. The predicted octanol–water partition coefficient (Wildman–Crippen LogP) is 4.12. The van der Waals surface area contributed by atoms with E-state index in [4.69, 9.17) is 14.0 Å². The second-order valence-electron chi connectivity index (χ2n) is 6.09. The number of methoxy groups -OCH3 is 1. The van der Waals surface area contributed by atoms with Gasteiger partial charge in [0.2, 0.25) is 5.76 Å². The topological polar surface area (TPSA) is 87.9 Å². The first kappa shape index (κ1) is 14.8. The number of ether oxygens (including phenoxy) is 2. The van der Waals surface area contributed by atoms with E-state index in [0.29, 0.717) is 22.8 Å². The number of hydrogen-bond donors (Lipinski definition) is 3. The molecule has 126 valence electrons. The molecule has 0 saturated heterocycles. The van der Waals surface area contributed by atoms with Crippen LogP contribution in [-0.2, 0) is 0 Å². The van der Waals surface area contributed by atoms with E-state index in [-0.39, 0.29) is 23.4 Å². The maximum absolute atomic E-state index is 10.0. The average molecular weight is 329 g/mol. The van der Waals surface area contributed by atoms with E-state index in [1.807, 2.05) is 18.2 Å². The molecule has 3 N–H and O–H groups in total. The van der Waals surface area contributed by atoms with Gasteiger partial charge < -0.3 is 24.2 Å². The molecule has 0 atom stereocenters. The molecule has 1 aromatic carbocycles. The lowest BCUT2D eigenvalue weighted by Crippen LogP contribution is -2.11. The van der Waals surface area contributed by atoms with E-state index in [1.165, 1.54) is 18.9 Å². The smallest absolute Gasteiger partial charge is 0.209 e. The van der Waals surface area contributed by atoms with Crippen LogP contribution in [0, 0.1) is 0 Å². The van der Waals surface area contributed by atoms with Crippen LogP contribution >= 0.6 is 0 Å². The standard InChI is InChI=1S/C18H19NO5/c1-22-14-7-6-10(8-15(14)23-11-4-2-3-5-11)17-16-12(20)9-13(21)18(16)24-19-17/h6-9,11,19-21H,2-5H2,1H3. The van der Waals surface area contributed by atoms with Crippen LogP contribution in [0.2, 0.25) is 0 Å². The molecule has 2 aliphatic carbocycles. The van der Waals surface area contributed by atoms with Gasteiger partial charge in [0.15, 0.2) is 17.2 Å². The highest BCUT2D eigenvalue weighted by molar-refractivity contribution is 5.88. The highest BCUT2D eigenvalue weighted by atomic mass is 16.5. The van der Waals surface area contributed by atoms with Crippen molar-refractivity contribution < 1.29 is 24.2 Å². The molecule has 1 heterocycles. The summed E-state index contributed by atoms with van der Waals surface area (Å²) < 4.78 is 16.8. The molecule has 0 spiro atoms. The Morgan fingerprint density at radius 3 is 2.62 bits per heavy atom. The number of aromatic nitrogens is 1. The summed E-state index contributed by atoms with van der Waals surface area (Å²) in [5.74, 6) is 1.44. The zero-order valence-corrected chi connectivity index (χ0v) is 13.3. The highest BCUT2D eigenvalue weighted by Gasteiger charge is 2.26. The summed E-state index contributed by atoms with van der Waals surface area (Å²) >= 11 is 0. The lowest BCUT2D eigenvalue weighted by Gasteiger charge is -2.16. The fourth-order valence-corrected chi connectivity index (χ4v) is 3.32. The molecule has 6 nitrogen and oxygen atoms in total. The minimum Gasteiger partial charge on any atom is -0.507 e. The highest BCUT2D eigenvalue weighted by Crippen LogP contribution is 2.48. The Labute approximate surface area is 138 Å². The third kappa shape index (κ3) is 2.35. The lowest BCUT2D eigenvalue weighted by molar-refractivity contribution is 0.201. The molecule has 1 aromatic rings. The van der Waals surface area contributed by atoms with Gasteiger partial charge in [0, 0.05) is 11.6 Å². The van der Waals surface area contributed by atoms with Crippen LogP contribution < -0.4 is 9.47 Å². The van der Waals surface area contributed by atoms with Crippen molar-refractivity contribution in [2.45, 2.75) is 31.8 Å². The van der Waals surface area contributed by atoms with Crippen molar-refractivity contribution >= 4 is 0 Å². The molecule has 0 amide bonds. The molecule has 0 bridgehead atoms. The quantitative estimate of drug-likeness (QED) is 0.670. The number of nitrogens with one attached hydrogen (secondary N) is 1. The van der Waals surface area contributed by atoms with Crippen molar-refractivity contribution in [2.24, 2.45) is 0 Å². The number of aromatic hydroxyl groups is 2. The monoisotopic (exact) mass is 329 g/mol. The maximum Gasteiger partial charge on any atom is 0.209 e. The van der Waals surface area contributed by atoms with Crippen LogP contribution in [0.5, 0.6) is 23.0 Å². The summed E-state index contributed by atoms with van der Waals surface area (Å²) in [5, 5.41) is 22.5. The average Bonchev–Trinajstić information content (AvgIpc) is 3.28. The third-order valence-electron chi connectivity index (χ3n) is 4.54. The molecule has 1 fully saturated rings. The fraction of sp³-hybridized carbons (Fsp3) is 0.333. The van der Waals surface area contributed by atoms with Crippen LogP contribution in [0.15, 0.2) is 28.8 Å². The first-order valence-corrected chi connectivity index (χ1v) is 8.04. The molecule has 0 unspecified atom stereocenters. The summed E-state index contributed by atoms with van der Waals surface area (Å²) in [7, 11) is 1.61. The molecular weight excluding hydrogens is 310 g/mol. The molecule has 0 aromatic heterocycles. The Hall–Kier alpha value is -2.76. The van der Waals surface area contributed by atoms with E-state index < -0.39 is 0 Å². The van der Waals surface area contributed by atoms with Crippen molar-refractivity contribution in [1.82, 2.24) is 5.16 Å². The van der Waals surface area contributed by atoms with Gasteiger partial charge in [0.25, 0.3) is 0 Å². The Morgan fingerprint density at radius 2 is 1.88 bits per heavy atom. The molecule has 1 aliphatic heterocycles. The van der Waals surface area contributed by atoms with Crippen LogP contribution in [0.4, 0.5) is 0 Å². The number of aromatic amines is 1. The van der Waals surface area contributed by atoms with Gasteiger partial charge in [-0.05, 0) is 43.9 Å². The minimum atomic E-state index is -0.0964. The van der Waals surface area contributed by atoms with Crippen LogP contribution in [0.25, 0.3) is 22.6 Å². The minimum absolute atomic E-state index is 0.0309. The normalized spacial score (nSPS) is 15.2. The first-order valence-electron chi connectivity index (χ1n) is 8.04. The van der Waals surface area contributed by atoms with E-state index in [2.05, 4.69) is 5.16 Å². The van der Waals surface area contributed by atoms with Crippen molar-refractivity contribution in [3.8, 4) is 45.6 Å². The second kappa shape index (κ2) is 5.70. The Bertz CT molecular complexity index is 828. The molecule has 1 saturated carbocycles. The SMILES string of the molecule is COc1ccc(-c2[nH]oc3c(O)cc(O)c2-3)cc1OC1CCCC1. The van der Waals surface area contributed by atoms with Crippen LogP contribution in [-0.4, -0.2) is 28.6 Å². The summed E-state index contributed by atoms with van der Waals surface area (Å²) in [4.78, 5) is 0. The molecular formula is C18H19NO5. The van der Waals surface area contributed by atoms with Gasteiger partial charge in [-0.25, -0.2) is 5.16 Å². The van der Waals surface area contributed by atoms with Gasteiger partial charge in [-0.3, -0.25) is 0 Å². The van der Waals surface area contributed by atoms with Gasteiger partial charge in [0.05, 0.1) is 24.5 Å². The van der Waals surface area contributed by atoms with Gasteiger partial charge in [-0.15, -0.1) is 0 Å². The number of rotatable bonds is 4. The van der Waals surface area contributed by atoms with Gasteiger partial charge >= 0.3 is 0 Å². The second-order valence-corrected chi connectivity index (χ2v) is 6.09. The Balaban J connectivity index is 1.74. The largest absolute Gasteiger partial charge is 0.507 e. The van der Waals surface area contributed by atoms with Crippen molar-refractivity contribution in [2.75, 3.05) is 7.11 Å². The predicted molar refractivity (Wildman–Crippen MR) is 87.9 cm³/mol. The number of hydrogen-bond acceptors (Lipinski definition) is 5. The summed E-state index contributed by atoms with van der Waals surface area (Å²) in [6.07, 6.45) is 4.67. The zero-order valence-electron chi connectivity index (χ0n) is 13.3. The number of benzene rings is 1. The Kier molecular flexibility index (Phi) is 3.52. The van der Waals surface area contributed by atoms with E-state index in [9.17, 15) is 10.2 Å². The summed E-state index contributed by atoms with van der Waals surface area (Å²) in [5.41, 5.74) is 1.81. The molecule has 0 radical (unpaired) electrons. The van der Waals surface area contributed by atoms with E-state index >= 15 is 0 Å². The fourth-order valence-electron chi connectivity index (χ4n) is 3.32. The summed E-state index contributed by atoms with van der Waals surface area (Å²) in [6.45, 7) is 0. The lowest BCUT2D eigenvalue weighted by atomic mass is 10.1.